The lowest BCUT2D eigenvalue weighted by molar-refractivity contribution is -0.137. The lowest BCUT2D eigenvalue weighted by Crippen LogP contribution is -2.43. The number of ether oxygens (including phenoxy) is 1. The van der Waals surface area contributed by atoms with E-state index < -0.39 is 0 Å². The van der Waals surface area contributed by atoms with Crippen molar-refractivity contribution in [2.24, 2.45) is 11.3 Å². The van der Waals surface area contributed by atoms with Crippen molar-refractivity contribution in [2.75, 3.05) is 32.1 Å². The third kappa shape index (κ3) is 10.3. The first kappa shape index (κ1) is 25.5. The molecule has 3 amide bonds. The second-order valence-electron chi connectivity index (χ2n) is 8.94. The van der Waals surface area contributed by atoms with Crippen molar-refractivity contribution in [3.8, 4) is 5.75 Å². The van der Waals surface area contributed by atoms with Gasteiger partial charge in [0.1, 0.15) is 5.75 Å². The second kappa shape index (κ2) is 12.2. The van der Waals surface area contributed by atoms with Gasteiger partial charge in [-0.15, -0.1) is 0 Å². The molecule has 0 aliphatic carbocycles. The van der Waals surface area contributed by atoms with Crippen LogP contribution in [0.5, 0.6) is 5.75 Å². The lowest BCUT2D eigenvalue weighted by Gasteiger charge is -2.26. The van der Waals surface area contributed by atoms with Crippen LogP contribution >= 0.6 is 0 Å². The maximum absolute atomic E-state index is 12.7. The van der Waals surface area contributed by atoms with E-state index in [9.17, 15) is 14.4 Å². The highest BCUT2D eigenvalue weighted by atomic mass is 16.5. The normalized spacial score (nSPS) is 12.1. The van der Waals surface area contributed by atoms with Gasteiger partial charge in [0.2, 0.25) is 17.7 Å². The van der Waals surface area contributed by atoms with E-state index in [1.54, 1.807) is 36.3 Å². The zero-order valence-electron chi connectivity index (χ0n) is 19.2. The van der Waals surface area contributed by atoms with Crippen LogP contribution in [0.1, 0.15) is 53.9 Å². The van der Waals surface area contributed by atoms with Gasteiger partial charge in [0.05, 0.1) is 20.2 Å². The molecule has 0 heterocycles. The fraction of sp³-hybridized carbons (Fsp3) is 0.609. The van der Waals surface area contributed by atoms with Crippen molar-refractivity contribution < 1.29 is 19.1 Å². The van der Waals surface area contributed by atoms with E-state index in [1.807, 2.05) is 6.92 Å². The highest BCUT2D eigenvalue weighted by Gasteiger charge is 2.22. The maximum Gasteiger partial charge on any atom is 0.243 e. The van der Waals surface area contributed by atoms with Gasteiger partial charge in [-0.1, -0.05) is 34.6 Å². The van der Waals surface area contributed by atoms with Crippen molar-refractivity contribution in [1.82, 2.24) is 10.2 Å². The highest BCUT2D eigenvalue weighted by Crippen LogP contribution is 2.26. The van der Waals surface area contributed by atoms with Gasteiger partial charge in [-0.2, -0.15) is 0 Å². The first-order valence-electron chi connectivity index (χ1n) is 10.5. The number of hydrogen-bond donors (Lipinski definition) is 2. The monoisotopic (exact) mass is 419 g/mol. The number of benzene rings is 1. The summed E-state index contributed by atoms with van der Waals surface area (Å²) in [4.78, 5) is 38.6. The number of amides is 3. The molecule has 2 N–H and O–H groups in total. The Kier molecular flexibility index (Phi) is 10.4. The SMILES string of the molecule is CCCN(CC(=O)NCC(=O)Nc1ccc(OC)cc1)C(=O)CC(C)CC(C)(C)C. The Labute approximate surface area is 180 Å². The molecule has 30 heavy (non-hydrogen) atoms. The third-order valence-corrected chi connectivity index (χ3v) is 4.48. The van der Waals surface area contributed by atoms with E-state index in [2.05, 4.69) is 38.3 Å². The summed E-state index contributed by atoms with van der Waals surface area (Å²) in [6.45, 7) is 10.8. The Bertz CT molecular complexity index is 695. The predicted octanol–water partition coefficient (Wildman–Crippen LogP) is 3.45. The van der Waals surface area contributed by atoms with Crippen molar-refractivity contribution in [3.05, 3.63) is 24.3 Å². The van der Waals surface area contributed by atoms with Crippen molar-refractivity contribution in [1.29, 1.82) is 0 Å². The smallest absolute Gasteiger partial charge is 0.243 e. The number of nitrogens with one attached hydrogen (secondary N) is 2. The molecular formula is C23H37N3O4. The zero-order valence-corrected chi connectivity index (χ0v) is 19.2. The molecule has 1 unspecified atom stereocenters. The van der Waals surface area contributed by atoms with E-state index >= 15 is 0 Å². The highest BCUT2D eigenvalue weighted by molar-refractivity contribution is 5.95. The summed E-state index contributed by atoms with van der Waals surface area (Å²) in [5.74, 6) is 0.242. The van der Waals surface area contributed by atoms with Gasteiger partial charge in [-0.05, 0) is 48.4 Å². The molecule has 1 atom stereocenters. The molecule has 0 saturated carbocycles. The molecule has 0 fully saturated rings. The summed E-state index contributed by atoms with van der Waals surface area (Å²) >= 11 is 0. The molecule has 168 valence electrons. The molecule has 0 aromatic heterocycles. The van der Waals surface area contributed by atoms with Gasteiger partial charge in [0.25, 0.3) is 0 Å². The topological polar surface area (TPSA) is 87.7 Å². The molecule has 7 nitrogen and oxygen atoms in total. The van der Waals surface area contributed by atoms with Crippen LogP contribution in [0.15, 0.2) is 24.3 Å². The molecule has 0 bridgehead atoms. The van der Waals surface area contributed by atoms with Crippen LogP contribution < -0.4 is 15.4 Å². The fourth-order valence-corrected chi connectivity index (χ4v) is 3.39. The van der Waals surface area contributed by atoms with Crippen LogP contribution in [0.25, 0.3) is 0 Å². The van der Waals surface area contributed by atoms with Crippen LogP contribution in [0.2, 0.25) is 0 Å². The number of carbonyl (C=O) groups is 3. The Balaban J connectivity index is 2.49. The Morgan fingerprint density at radius 1 is 1.10 bits per heavy atom. The summed E-state index contributed by atoms with van der Waals surface area (Å²) in [6.07, 6.45) is 2.13. The Morgan fingerprint density at radius 2 is 1.73 bits per heavy atom. The van der Waals surface area contributed by atoms with Gasteiger partial charge >= 0.3 is 0 Å². The molecule has 0 aliphatic rings. The summed E-state index contributed by atoms with van der Waals surface area (Å²) in [7, 11) is 1.57. The first-order chi connectivity index (χ1) is 14.0. The average Bonchev–Trinajstić information content (AvgIpc) is 2.65. The van der Waals surface area contributed by atoms with Gasteiger partial charge in [0, 0.05) is 18.7 Å². The standard InChI is InChI=1S/C23H37N3O4/c1-7-12-26(22(29)13-17(2)14-23(3,4)5)16-21(28)24-15-20(27)25-18-8-10-19(30-6)11-9-18/h8-11,17H,7,12-16H2,1-6H3,(H,24,28)(H,25,27). The lowest BCUT2D eigenvalue weighted by atomic mass is 9.84. The molecule has 1 rings (SSSR count). The number of hydrogen-bond acceptors (Lipinski definition) is 4. The molecule has 0 aliphatic heterocycles. The average molecular weight is 420 g/mol. The predicted molar refractivity (Wildman–Crippen MR) is 119 cm³/mol. The molecule has 1 aromatic rings. The van der Waals surface area contributed by atoms with Gasteiger partial charge < -0.3 is 20.3 Å². The minimum absolute atomic E-state index is 0.0218. The summed E-state index contributed by atoms with van der Waals surface area (Å²) in [5, 5.41) is 5.30. The largest absolute Gasteiger partial charge is 0.497 e. The van der Waals surface area contributed by atoms with Gasteiger partial charge in [-0.3, -0.25) is 14.4 Å². The number of anilines is 1. The summed E-state index contributed by atoms with van der Waals surface area (Å²) in [5.41, 5.74) is 0.773. The van der Waals surface area contributed by atoms with Crippen LogP contribution in [-0.4, -0.2) is 49.4 Å². The minimum Gasteiger partial charge on any atom is -0.497 e. The van der Waals surface area contributed by atoms with Gasteiger partial charge in [-0.25, -0.2) is 0 Å². The minimum atomic E-state index is -0.342. The molecular weight excluding hydrogens is 382 g/mol. The molecule has 0 saturated heterocycles. The van der Waals surface area contributed by atoms with E-state index in [4.69, 9.17) is 4.74 Å². The van der Waals surface area contributed by atoms with E-state index in [1.165, 1.54) is 0 Å². The number of rotatable bonds is 11. The van der Waals surface area contributed by atoms with Crippen LogP contribution in [-0.2, 0) is 14.4 Å². The van der Waals surface area contributed by atoms with Crippen LogP contribution in [0.3, 0.4) is 0 Å². The van der Waals surface area contributed by atoms with Crippen molar-refractivity contribution >= 4 is 23.4 Å². The molecule has 0 radical (unpaired) electrons. The van der Waals surface area contributed by atoms with E-state index in [-0.39, 0.29) is 42.1 Å². The van der Waals surface area contributed by atoms with E-state index in [0.29, 0.717) is 24.4 Å². The number of methoxy groups -OCH3 is 1. The first-order valence-corrected chi connectivity index (χ1v) is 10.5. The van der Waals surface area contributed by atoms with Crippen LogP contribution in [0, 0.1) is 11.3 Å². The number of nitrogens with zero attached hydrogens (tertiary/aromatic N) is 1. The van der Waals surface area contributed by atoms with Gasteiger partial charge in [0.15, 0.2) is 0 Å². The molecule has 1 aromatic carbocycles. The summed E-state index contributed by atoms with van der Waals surface area (Å²) in [6, 6.07) is 6.92. The van der Waals surface area contributed by atoms with E-state index in [0.717, 1.165) is 12.8 Å². The zero-order chi connectivity index (χ0) is 22.7. The maximum atomic E-state index is 12.7. The molecule has 7 heteroatoms. The Morgan fingerprint density at radius 3 is 2.27 bits per heavy atom. The van der Waals surface area contributed by atoms with Crippen molar-refractivity contribution in [2.45, 2.75) is 53.9 Å². The number of carbonyl (C=O) groups excluding carboxylic acids is 3. The van der Waals surface area contributed by atoms with Crippen LogP contribution in [0.4, 0.5) is 5.69 Å². The summed E-state index contributed by atoms with van der Waals surface area (Å²) < 4.78 is 5.07. The third-order valence-electron chi connectivity index (χ3n) is 4.48. The Hall–Kier alpha value is -2.57. The fourth-order valence-electron chi connectivity index (χ4n) is 3.39. The quantitative estimate of drug-likeness (QED) is 0.575. The molecule has 0 spiro atoms. The van der Waals surface area contributed by atoms with Crippen molar-refractivity contribution in [3.63, 3.8) is 0 Å². The second-order valence-corrected chi connectivity index (χ2v) is 8.94.